The van der Waals surface area contributed by atoms with Crippen LogP contribution in [0.15, 0.2) is 42.8 Å². The van der Waals surface area contributed by atoms with E-state index in [1.165, 1.54) is 18.7 Å². The Morgan fingerprint density at radius 1 is 1.11 bits per heavy atom. The first kappa shape index (κ1) is 25.9. The molecule has 1 fully saturated rings. The fourth-order valence-corrected chi connectivity index (χ4v) is 3.70. The topological polar surface area (TPSA) is 134 Å². The van der Waals surface area contributed by atoms with E-state index in [1.807, 2.05) is 0 Å². The van der Waals surface area contributed by atoms with Crippen LogP contribution >= 0.6 is 0 Å². The number of unbranched alkanes of at least 4 members (excludes halogenated alkanes) is 1. The molecule has 2 amide bonds. The SMILES string of the molecule is C=CC(F)(F)C1=CC(CNC(=O)c2cn(CCCCn3cc(C(=O)NCC4CCC4)nn3)nn2)=[N+]=C=C1. The van der Waals surface area contributed by atoms with Crippen LogP contribution in [-0.2, 0) is 13.1 Å². The summed E-state index contributed by atoms with van der Waals surface area (Å²) in [5, 5.41) is 21.2. The number of nitrogens with one attached hydrogen (secondary N) is 2. The predicted octanol–water partition coefficient (Wildman–Crippen LogP) is 1.11. The van der Waals surface area contributed by atoms with Gasteiger partial charge < -0.3 is 10.6 Å². The Morgan fingerprint density at radius 3 is 2.30 bits per heavy atom. The lowest BCUT2D eigenvalue weighted by Crippen LogP contribution is -2.32. The number of nitrogens with zero attached hydrogens (tertiary/aromatic N) is 7. The maximum atomic E-state index is 13.8. The van der Waals surface area contributed by atoms with Crippen molar-refractivity contribution in [2.75, 3.05) is 13.1 Å². The van der Waals surface area contributed by atoms with Gasteiger partial charge in [-0.25, -0.2) is 0 Å². The van der Waals surface area contributed by atoms with Gasteiger partial charge in [-0.05, 0) is 42.3 Å². The number of hydrogen-bond donors (Lipinski definition) is 2. The first-order chi connectivity index (χ1) is 17.8. The molecule has 0 atom stereocenters. The molecule has 1 saturated carbocycles. The molecule has 0 radical (unpaired) electrons. The number of carbonyl (C=O) groups is 2. The van der Waals surface area contributed by atoms with E-state index in [4.69, 9.17) is 0 Å². The van der Waals surface area contributed by atoms with Crippen molar-refractivity contribution in [1.82, 2.24) is 45.3 Å². The van der Waals surface area contributed by atoms with E-state index in [0.717, 1.165) is 31.8 Å². The molecular weight excluding hydrogens is 484 g/mol. The van der Waals surface area contributed by atoms with E-state index in [1.54, 1.807) is 15.6 Å². The second-order valence-corrected chi connectivity index (χ2v) is 8.93. The molecule has 13 heteroatoms. The van der Waals surface area contributed by atoms with Gasteiger partial charge in [0.1, 0.15) is 6.54 Å². The van der Waals surface area contributed by atoms with Gasteiger partial charge in [0.25, 0.3) is 17.7 Å². The van der Waals surface area contributed by atoms with Gasteiger partial charge in [-0.15, -0.1) is 10.2 Å². The molecule has 2 aromatic rings. The van der Waals surface area contributed by atoms with Crippen LogP contribution in [0.25, 0.3) is 0 Å². The first-order valence-electron chi connectivity index (χ1n) is 12.1. The zero-order chi connectivity index (χ0) is 26.3. The van der Waals surface area contributed by atoms with Gasteiger partial charge in [-0.1, -0.05) is 23.4 Å². The Morgan fingerprint density at radius 2 is 1.73 bits per heavy atom. The third kappa shape index (κ3) is 6.93. The molecule has 3 heterocycles. The Hall–Kier alpha value is -4.21. The molecule has 0 unspecified atom stereocenters. The Kier molecular flexibility index (Phi) is 8.17. The van der Waals surface area contributed by atoms with Crippen LogP contribution in [0.1, 0.15) is 53.1 Å². The van der Waals surface area contributed by atoms with Crippen LogP contribution in [-0.4, -0.2) is 72.4 Å². The summed E-state index contributed by atoms with van der Waals surface area (Å²) in [7, 11) is 0. The summed E-state index contributed by atoms with van der Waals surface area (Å²) in [6, 6.07) is 0. The highest BCUT2D eigenvalue weighted by Gasteiger charge is 2.32. The standard InChI is InChI=1S/C24H27F2N9O2/c1-2-24(25,26)18-8-9-27-19(12-18)14-29-23(37)21-16-35(33-31-21)11-4-3-10-34-15-20(30-32-34)22(36)28-13-17-6-5-7-17/h2,8,12,15-17H,1,3-7,10-11,13-14H2,(H-,28,29,36,37)/p+1. The molecule has 194 valence electrons. The fraction of sp³-hybridized carbons (Fsp3) is 0.458. The smallest absolute Gasteiger partial charge is 0.336 e. The van der Waals surface area contributed by atoms with E-state index < -0.39 is 11.8 Å². The van der Waals surface area contributed by atoms with Gasteiger partial charge in [-0.2, -0.15) is 8.78 Å². The second kappa shape index (κ2) is 11.7. The average molecular weight is 513 g/mol. The largest absolute Gasteiger partial charge is 0.350 e. The molecule has 2 aliphatic rings. The molecule has 4 rings (SSSR count). The molecule has 1 aliphatic heterocycles. The Labute approximate surface area is 211 Å². The summed E-state index contributed by atoms with van der Waals surface area (Å²) < 4.78 is 34.6. The predicted molar refractivity (Wildman–Crippen MR) is 131 cm³/mol. The third-order valence-corrected chi connectivity index (χ3v) is 6.16. The quantitative estimate of drug-likeness (QED) is 0.235. The number of alkyl halides is 2. The molecule has 37 heavy (non-hydrogen) atoms. The normalized spacial score (nSPS) is 15.1. The van der Waals surface area contributed by atoms with Crippen molar-refractivity contribution in [1.29, 1.82) is 0 Å². The fourth-order valence-electron chi connectivity index (χ4n) is 3.70. The van der Waals surface area contributed by atoms with E-state index in [-0.39, 0.29) is 29.4 Å². The van der Waals surface area contributed by atoms with Crippen molar-refractivity contribution >= 4 is 23.4 Å². The highest BCUT2D eigenvalue weighted by Crippen LogP contribution is 2.26. The molecular formula is C24H28F2N9O2+. The third-order valence-electron chi connectivity index (χ3n) is 6.16. The van der Waals surface area contributed by atoms with Crippen LogP contribution in [0.5, 0.6) is 0 Å². The zero-order valence-electron chi connectivity index (χ0n) is 20.2. The Bertz CT molecular complexity index is 1290. The van der Waals surface area contributed by atoms with Crippen LogP contribution in [0, 0.1) is 5.92 Å². The minimum absolute atomic E-state index is 0.0677. The highest BCUT2D eigenvalue weighted by atomic mass is 19.3. The number of amides is 2. The summed E-state index contributed by atoms with van der Waals surface area (Å²) in [5.41, 5.74) is 0.333. The van der Waals surface area contributed by atoms with Crippen LogP contribution in [0.2, 0.25) is 0 Å². The van der Waals surface area contributed by atoms with E-state index in [9.17, 15) is 18.4 Å². The summed E-state index contributed by atoms with van der Waals surface area (Å²) in [6.45, 7) is 4.85. The number of hydrogen-bond acceptors (Lipinski definition) is 6. The molecule has 11 nitrogen and oxygen atoms in total. The number of carbonyl (C=O) groups excluding carboxylic acids is 2. The molecule has 0 spiro atoms. The van der Waals surface area contributed by atoms with Gasteiger partial charge in [0, 0.05) is 31.3 Å². The first-order valence-corrected chi connectivity index (χ1v) is 12.1. The van der Waals surface area contributed by atoms with Crippen LogP contribution < -0.4 is 15.3 Å². The monoisotopic (exact) mass is 512 g/mol. The lowest BCUT2D eigenvalue weighted by Gasteiger charge is -2.25. The summed E-state index contributed by atoms with van der Waals surface area (Å²) >= 11 is 0. The molecule has 0 aromatic carbocycles. The summed E-state index contributed by atoms with van der Waals surface area (Å²) in [4.78, 5) is 24.5. The van der Waals surface area contributed by atoms with Crippen molar-refractivity contribution in [2.45, 2.75) is 51.1 Å². The average Bonchev–Trinajstić information content (AvgIpc) is 3.54. The minimum atomic E-state index is -3.21. The van der Waals surface area contributed by atoms with E-state index in [2.05, 4.69) is 48.4 Å². The Balaban J connectivity index is 1.17. The molecule has 1 aliphatic carbocycles. The number of halogens is 2. The maximum absolute atomic E-state index is 13.8. The summed E-state index contributed by atoms with van der Waals surface area (Å²) in [5.74, 6) is -0.929. The minimum Gasteiger partial charge on any atom is -0.350 e. The maximum Gasteiger partial charge on any atom is 0.336 e. The van der Waals surface area contributed by atoms with E-state index >= 15 is 0 Å². The van der Waals surface area contributed by atoms with Gasteiger partial charge in [0.15, 0.2) is 11.4 Å². The van der Waals surface area contributed by atoms with Crippen LogP contribution in [0.3, 0.4) is 0 Å². The van der Waals surface area contributed by atoms with Crippen molar-refractivity contribution in [2.24, 2.45) is 5.92 Å². The van der Waals surface area contributed by atoms with Crippen molar-refractivity contribution < 1.29 is 18.4 Å². The number of aryl methyl sites for hydroxylation is 2. The zero-order valence-corrected chi connectivity index (χ0v) is 20.2. The van der Waals surface area contributed by atoms with Gasteiger partial charge >= 0.3 is 11.6 Å². The summed E-state index contributed by atoms with van der Waals surface area (Å²) in [6.07, 6.45) is 11.0. The highest BCUT2D eigenvalue weighted by molar-refractivity contribution is 6.03. The van der Waals surface area contributed by atoms with Gasteiger partial charge in [0.05, 0.1) is 18.5 Å². The van der Waals surface area contributed by atoms with Gasteiger partial charge in [0.2, 0.25) is 0 Å². The lowest BCUT2D eigenvalue weighted by molar-refractivity contribution is 0.0931. The number of rotatable bonds is 13. The van der Waals surface area contributed by atoms with Crippen molar-refractivity contribution in [3.8, 4) is 0 Å². The molecule has 0 saturated heterocycles. The van der Waals surface area contributed by atoms with Crippen LogP contribution in [0.4, 0.5) is 8.78 Å². The second-order valence-electron chi connectivity index (χ2n) is 8.93. The van der Waals surface area contributed by atoms with Crippen molar-refractivity contribution in [3.05, 3.63) is 54.2 Å². The lowest BCUT2D eigenvalue weighted by atomic mass is 9.85. The number of aromatic nitrogens is 6. The van der Waals surface area contributed by atoms with Gasteiger partial charge in [-0.3, -0.25) is 19.0 Å². The molecule has 0 bridgehead atoms. The molecule has 2 N–H and O–H groups in total. The van der Waals surface area contributed by atoms with E-state index in [0.29, 0.717) is 37.3 Å². The number of allylic oxidation sites excluding steroid dienone is 3. The molecule has 2 aromatic heterocycles. The van der Waals surface area contributed by atoms with Crippen molar-refractivity contribution in [3.63, 3.8) is 0 Å².